The average Bonchev–Trinajstić information content (AvgIpc) is 2.74. The Morgan fingerprint density at radius 1 is 1.23 bits per heavy atom. The largest absolute Gasteiger partial charge is 0.353 e. The first kappa shape index (κ1) is 20.2. The summed E-state index contributed by atoms with van der Waals surface area (Å²) < 4.78 is 13.3. The summed E-state index contributed by atoms with van der Waals surface area (Å²) in [5.74, 6) is 0.659. The van der Waals surface area contributed by atoms with Gasteiger partial charge in [-0.05, 0) is 49.9 Å². The van der Waals surface area contributed by atoms with Crippen molar-refractivity contribution >= 4 is 22.6 Å². The summed E-state index contributed by atoms with van der Waals surface area (Å²) in [6.45, 7) is 5.99. The number of carbonyl (C=O) groups excluding carboxylic acids is 1. The molecule has 2 aromatic heterocycles. The fraction of sp³-hybridized carbons (Fsp3) is 0.391. The number of carbonyl (C=O) groups is 1. The van der Waals surface area contributed by atoms with Gasteiger partial charge < -0.3 is 9.80 Å². The Morgan fingerprint density at radius 2 is 2.10 bits per heavy atom. The van der Waals surface area contributed by atoms with Crippen molar-refractivity contribution in [3.8, 4) is 0 Å². The SMILES string of the molecule is Cc1cc(F)cnc1N1CCN(C(=O)CCCc2cccc3ncncc23)[C@@H](C)C1. The molecule has 1 aromatic carbocycles. The first-order chi connectivity index (χ1) is 14.5. The predicted octanol–water partition coefficient (Wildman–Crippen LogP) is 3.53. The molecule has 0 saturated carbocycles. The molecule has 156 valence electrons. The topological polar surface area (TPSA) is 62.2 Å². The number of hydrogen-bond donors (Lipinski definition) is 0. The summed E-state index contributed by atoms with van der Waals surface area (Å²) >= 11 is 0. The van der Waals surface area contributed by atoms with E-state index in [9.17, 15) is 9.18 Å². The molecule has 3 aromatic rings. The maximum Gasteiger partial charge on any atom is 0.222 e. The van der Waals surface area contributed by atoms with Crippen LogP contribution in [0.3, 0.4) is 0 Å². The van der Waals surface area contributed by atoms with Crippen LogP contribution in [-0.4, -0.2) is 51.4 Å². The monoisotopic (exact) mass is 407 g/mol. The van der Waals surface area contributed by atoms with Crippen molar-refractivity contribution in [1.29, 1.82) is 0 Å². The first-order valence-corrected chi connectivity index (χ1v) is 10.4. The smallest absolute Gasteiger partial charge is 0.222 e. The second kappa shape index (κ2) is 8.73. The molecule has 0 aliphatic carbocycles. The van der Waals surface area contributed by atoms with Gasteiger partial charge in [0.1, 0.15) is 18.0 Å². The normalized spacial score (nSPS) is 16.8. The van der Waals surface area contributed by atoms with E-state index in [-0.39, 0.29) is 17.8 Å². The van der Waals surface area contributed by atoms with Gasteiger partial charge in [0.15, 0.2) is 0 Å². The second-order valence-corrected chi connectivity index (χ2v) is 7.90. The van der Waals surface area contributed by atoms with Crippen LogP contribution in [0.15, 0.2) is 43.0 Å². The van der Waals surface area contributed by atoms with E-state index in [1.54, 1.807) is 6.33 Å². The lowest BCUT2D eigenvalue weighted by molar-refractivity contribution is -0.133. The number of aromatic nitrogens is 3. The number of benzene rings is 1. The van der Waals surface area contributed by atoms with Crippen LogP contribution in [0.4, 0.5) is 10.2 Å². The van der Waals surface area contributed by atoms with Crippen LogP contribution in [0, 0.1) is 12.7 Å². The molecule has 0 unspecified atom stereocenters. The van der Waals surface area contributed by atoms with Gasteiger partial charge in [0.05, 0.1) is 11.7 Å². The highest BCUT2D eigenvalue weighted by Gasteiger charge is 2.28. The van der Waals surface area contributed by atoms with Crippen LogP contribution in [0.5, 0.6) is 0 Å². The Labute approximate surface area is 175 Å². The van der Waals surface area contributed by atoms with Gasteiger partial charge in [-0.2, -0.15) is 0 Å². The lowest BCUT2D eigenvalue weighted by atomic mass is 10.0. The molecule has 1 fully saturated rings. The van der Waals surface area contributed by atoms with Crippen LogP contribution in [0.25, 0.3) is 10.9 Å². The highest BCUT2D eigenvalue weighted by Crippen LogP contribution is 2.22. The number of fused-ring (bicyclic) bond motifs is 1. The molecule has 0 N–H and O–H groups in total. The molecule has 3 heterocycles. The van der Waals surface area contributed by atoms with Crippen LogP contribution >= 0.6 is 0 Å². The van der Waals surface area contributed by atoms with Gasteiger partial charge in [0.25, 0.3) is 0 Å². The first-order valence-electron chi connectivity index (χ1n) is 10.4. The number of rotatable bonds is 5. The number of hydrogen-bond acceptors (Lipinski definition) is 5. The summed E-state index contributed by atoms with van der Waals surface area (Å²) in [7, 11) is 0. The van der Waals surface area contributed by atoms with Crippen molar-refractivity contribution < 1.29 is 9.18 Å². The molecule has 30 heavy (non-hydrogen) atoms. The Hall–Kier alpha value is -3.09. The number of aryl methyl sites for hydroxylation is 2. The van der Waals surface area contributed by atoms with Gasteiger partial charge in [-0.1, -0.05) is 12.1 Å². The number of piperazine rings is 1. The Morgan fingerprint density at radius 3 is 2.90 bits per heavy atom. The number of amides is 1. The maximum atomic E-state index is 13.3. The van der Waals surface area contributed by atoms with Gasteiger partial charge in [0.2, 0.25) is 5.91 Å². The molecule has 0 spiro atoms. The van der Waals surface area contributed by atoms with E-state index in [4.69, 9.17) is 0 Å². The minimum Gasteiger partial charge on any atom is -0.353 e. The third-order valence-electron chi connectivity index (χ3n) is 5.74. The fourth-order valence-corrected chi connectivity index (χ4v) is 4.24. The van der Waals surface area contributed by atoms with E-state index in [0.29, 0.717) is 26.1 Å². The van der Waals surface area contributed by atoms with Crippen LogP contribution in [-0.2, 0) is 11.2 Å². The van der Waals surface area contributed by atoms with Gasteiger partial charge in [-0.25, -0.2) is 19.3 Å². The summed E-state index contributed by atoms with van der Waals surface area (Å²) in [5.41, 5.74) is 2.93. The molecule has 1 aliphatic rings. The fourth-order valence-electron chi connectivity index (χ4n) is 4.24. The van der Waals surface area contributed by atoms with Gasteiger partial charge >= 0.3 is 0 Å². The molecular formula is C23H26FN5O. The van der Waals surface area contributed by atoms with Crippen LogP contribution in [0.1, 0.15) is 30.9 Å². The molecule has 6 nitrogen and oxygen atoms in total. The van der Waals surface area contributed by atoms with Gasteiger partial charge in [-0.3, -0.25) is 4.79 Å². The molecule has 4 rings (SSSR count). The van der Waals surface area contributed by atoms with Gasteiger partial charge in [0, 0.05) is 43.7 Å². The van der Waals surface area contributed by atoms with Crippen molar-refractivity contribution in [1.82, 2.24) is 19.9 Å². The van der Waals surface area contributed by atoms with E-state index in [0.717, 1.165) is 35.1 Å². The second-order valence-electron chi connectivity index (χ2n) is 7.90. The molecule has 1 amide bonds. The molecular weight excluding hydrogens is 381 g/mol. The molecule has 0 bridgehead atoms. The summed E-state index contributed by atoms with van der Waals surface area (Å²) in [4.78, 5) is 29.6. The molecule has 1 atom stereocenters. The van der Waals surface area contributed by atoms with Crippen molar-refractivity contribution in [3.05, 3.63) is 59.9 Å². The standard InChI is InChI=1S/C23H26FN5O/c1-16-11-19(24)12-26-23(16)28-9-10-29(17(2)14-28)22(30)8-4-6-18-5-3-7-21-20(18)13-25-15-27-21/h3,5,7,11-13,15,17H,4,6,8-10,14H2,1-2H3/t17-/m0/s1. The van der Waals surface area contributed by atoms with Crippen molar-refractivity contribution in [2.75, 3.05) is 24.5 Å². The molecule has 1 aliphatic heterocycles. The van der Waals surface area contributed by atoms with E-state index in [2.05, 4.69) is 32.8 Å². The van der Waals surface area contributed by atoms with Crippen molar-refractivity contribution in [2.45, 2.75) is 39.2 Å². The highest BCUT2D eigenvalue weighted by atomic mass is 19.1. The maximum absolute atomic E-state index is 13.3. The third-order valence-corrected chi connectivity index (χ3v) is 5.74. The minimum atomic E-state index is -0.323. The molecule has 1 saturated heterocycles. The summed E-state index contributed by atoms with van der Waals surface area (Å²) in [5, 5.41) is 1.05. The zero-order valence-electron chi connectivity index (χ0n) is 17.4. The Bertz CT molecular complexity index is 1050. The van der Waals surface area contributed by atoms with Gasteiger partial charge in [-0.15, -0.1) is 0 Å². The van der Waals surface area contributed by atoms with E-state index >= 15 is 0 Å². The number of halogens is 1. The van der Waals surface area contributed by atoms with Crippen LogP contribution < -0.4 is 4.90 Å². The zero-order valence-corrected chi connectivity index (χ0v) is 17.4. The minimum absolute atomic E-state index is 0.0865. The zero-order chi connectivity index (χ0) is 21.1. The summed E-state index contributed by atoms with van der Waals surface area (Å²) in [6, 6.07) is 7.64. The predicted molar refractivity (Wildman–Crippen MR) is 115 cm³/mol. The molecule has 7 heteroatoms. The lowest BCUT2D eigenvalue weighted by Gasteiger charge is -2.41. The molecule has 0 radical (unpaired) electrons. The van der Waals surface area contributed by atoms with Crippen molar-refractivity contribution in [2.24, 2.45) is 0 Å². The average molecular weight is 407 g/mol. The van der Waals surface area contributed by atoms with E-state index < -0.39 is 0 Å². The number of pyridine rings is 1. The van der Waals surface area contributed by atoms with Crippen molar-refractivity contribution in [3.63, 3.8) is 0 Å². The highest BCUT2D eigenvalue weighted by molar-refractivity contribution is 5.81. The third kappa shape index (κ3) is 4.25. The number of nitrogens with zero attached hydrogens (tertiary/aromatic N) is 5. The van der Waals surface area contributed by atoms with Crippen LogP contribution in [0.2, 0.25) is 0 Å². The lowest BCUT2D eigenvalue weighted by Crippen LogP contribution is -2.54. The quantitative estimate of drug-likeness (QED) is 0.648. The number of anilines is 1. The van der Waals surface area contributed by atoms with E-state index in [1.165, 1.54) is 17.8 Å². The Balaban J connectivity index is 1.33. The summed E-state index contributed by atoms with van der Waals surface area (Å²) in [6.07, 6.45) is 6.78. The van der Waals surface area contributed by atoms with E-state index in [1.807, 2.05) is 30.2 Å². The Kier molecular flexibility index (Phi) is 5.88.